The number of pyridine rings is 1. The van der Waals surface area contributed by atoms with Gasteiger partial charge < -0.3 is 46.3 Å². The van der Waals surface area contributed by atoms with Crippen molar-refractivity contribution in [3.63, 3.8) is 0 Å². The van der Waals surface area contributed by atoms with Crippen molar-refractivity contribution in [3.8, 4) is 33.9 Å². The number of fused-ring (bicyclic) bond motifs is 7. The summed E-state index contributed by atoms with van der Waals surface area (Å²) in [7, 11) is 0. The first-order chi connectivity index (χ1) is 61.5. The fourth-order valence-corrected chi connectivity index (χ4v) is 17.3. The molecule has 2 bridgehead atoms. The van der Waals surface area contributed by atoms with Gasteiger partial charge in [0, 0.05) is 92.2 Å². The molecule has 127 heavy (non-hydrogen) atoms. The number of allylic oxidation sites excluding steroid dienone is 10. The number of Topliss-reactive ketones (excluding diaryl/α,β-unsaturated/α-hetero) is 2. The van der Waals surface area contributed by atoms with Gasteiger partial charge in [-0.25, -0.2) is 36.5 Å². The van der Waals surface area contributed by atoms with Crippen LogP contribution in [0.1, 0.15) is 100 Å². The molecule has 5 heterocycles. The van der Waals surface area contributed by atoms with Crippen molar-refractivity contribution in [2.24, 2.45) is 39.8 Å². The maximum Gasteiger partial charge on any atom is 0.336 e. The second-order valence-corrected chi connectivity index (χ2v) is 31.8. The number of H-pyrrole nitrogens is 4. The largest absolute Gasteiger partial charge is 0.478 e. The number of carbonyl (C=O) groups is 9. The summed E-state index contributed by atoms with van der Waals surface area (Å²) >= 11 is 0. The third-order valence-electron chi connectivity index (χ3n) is 23.7. The van der Waals surface area contributed by atoms with E-state index in [1.165, 1.54) is 61.0 Å². The molecule has 1 spiro atoms. The second kappa shape index (κ2) is 35.7. The molecule has 27 heteroatoms. The highest BCUT2D eigenvalue weighted by molar-refractivity contribution is 6.45. The number of aromatic amines is 4. The van der Waals surface area contributed by atoms with E-state index in [9.17, 15) is 53.1 Å². The summed E-state index contributed by atoms with van der Waals surface area (Å²) in [6.07, 6.45) is 18.6. The van der Waals surface area contributed by atoms with E-state index in [4.69, 9.17) is 11.7 Å². The van der Waals surface area contributed by atoms with Gasteiger partial charge in [-0.05, 0) is 205 Å². The van der Waals surface area contributed by atoms with E-state index in [1.807, 2.05) is 121 Å². The minimum Gasteiger partial charge on any atom is -0.478 e. The number of amides is 6. The lowest BCUT2D eigenvalue weighted by Crippen LogP contribution is -2.46. The van der Waals surface area contributed by atoms with Crippen LogP contribution in [0.2, 0.25) is 0 Å². The number of aliphatic imine (C=N–C) groups is 1. The van der Waals surface area contributed by atoms with E-state index in [0.717, 1.165) is 74.0 Å². The molecule has 2 saturated carbocycles. The van der Waals surface area contributed by atoms with Crippen LogP contribution in [0.4, 0.5) is 23.0 Å². The molecule has 10 aromatic carbocycles. The van der Waals surface area contributed by atoms with E-state index >= 15 is 0 Å². The van der Waals surface area contributed by atoms with Crippen LogP contribution >= 0.6 is 0 Å². The molecule has 4 aromatic heterocycles. The predicted molar refractivity (Wildman–Crippen MR) is 490 cm³/mol. The molecule has 2 fully saturated rings. The number of carboxylic acid groups (broad SMARTS) is 1. The number of carbonyl (C=O) groups excluding carboxylic acids is 8. The number of ketones is 2. The first kappa shape index (κ1) is 83.0. The van der Waals surface area contributed by atoms with E-state index in [2.05, 4.69) is 110 Å². The third kappa shape index (κ3) is 17.9. The van der Waals surface area contributed by atoms with Crippen LogP contribution in [-0.4, -0.2) is 110 Å². The van der Waals surface area contributed by atoms with Crippen molar-refractivity contribution >= 4 is 136 Å². The van der Waals surface area contributed by atoms with E-state index in [0.29, 0.717) is 89.7 Å². The van der Waals surface area contributed by atoms with Crippen molar-refractivity contribution in [1.82, 2.24) is 45.3 Å². The van der Waals surface area contributed by atoms with Gasteiger partial charge in [-0.3, -0.25) is 53.5 Å². The number of nitrogens with two attached hydrogens (primary N) is 2. The number of rotatable bonds is 20. The van der Waals surface area contributed by atoms with Crippen molar-refractivity contribution < 1.29 is 48.3 Å². The quantitative estimate of drug-likeness (QED) is 0.00641. The second-order valence-electron chi connectivity index (χ2n) is 31.8. The Hall–Kier alpha value is -16.3. The van der Waals surface area contributed by atoms with Crippen LogP contribution in [0.15, 0.2) is 316 Å². The minimum absolute atomic E-state index is 0.00924. The lowest BCUT2D eigenvalue weighted by Gasteiger charge is -2.20. The van der Waals surface area contributed by atoms with Gasteiger partial charge in [0.15, 0.2) is 5.78 Å². The number of imidazole rings is 3. The molecule has 3 unspecified atom stereocenters. The Balaban J connectivity index is 0.000000122. The Kier molecular flexibility index (Phi) is 23.3. The van der Waals surface area contributed by atoms with Crippen LogP contribution in [0.3, 0.4) is 0 Å². The van der Waals surface area contributed by atoms with Crippen LogP contribution in [0.5, 0.6) is 0 Å². The number of anilines is 4. The van der Waals surface area contributed by atoms with Crippen LogP contribution in [0, 0.1) is 23.2 Å². The lowest BCUT2D eigenvalue weighted by atomic mass is 9.86. The van der Waals surface area contributed by atoms with Gasteiger partial charge in [-0.1, -0.05) is 163 Å². The Bertz CT molecular complexity index is 6920. The molecule has 0 radical (unpaired) electrons. The number of nitrogens with one attached hydrogen (secondary N) is 9. The first-order valence-electron chi connectivity index (χ1n) is 41.3. The molecule has 6 amide bonds. The number of aromatic carboxylic acids is 1. The number of para-hydroxylation sites is 6. The average Bonchev–Trinajstić information content (AvgIpc) is 1.54. The number of nitrogens with zero attached hydrogens (tertiary/aromatic N) is 5. The van der Waals surface area contributed by atoms with Gasteiger partial charge in [0.05, 0.1) is 50.6 Å². The molecule has 0 saturated heterocycles. The summed E-state index contributed by atoms with van der Waals surface area (Å²) < 4.78 is 0. The predicted octanol–water partition coefficient (Wildman–Crippen LogP) is 16.5. The summed E-state index contributed by atoms with van der Waals surface area (Å²) in [6.45, 7) is 4.44. The van der Waals surface area contributed by atoms with Crippen molar-refractivity contribution in [2.75, 3.05) is 27.8 Å². The van der Waals surface area contributed by atoms with Gasteiger partial charge in [0.2, 0.25) is 17.6 Å². The average molecular weight is 1690 g/mol. The standard InChI is InChI=1S/C34H24N6O2.C27H18N2O4.C22H25NO.C17H17N7O4/c41-33(35-25-9-5-7-23(19-25)31-37-27-11-1-2-12-28(27)38-31)21-15-17-22(18-16-21)34(42)36-26-10-6-8-24(20-26)32-39-29-13-3-4-14-30(29)40-32;30-25(21-10-4-1-7-17(21)18-8-3-6-12-23(18)27(32)33)28-16-13-14-20-19-9-2-5-11-22(19)26(31)29-24(20)15-16;1-14-3-2-4-19-15(5-7-18(14)19)12-21(24)23-13-16-11-17-6-8-20(16)22(17)9-10-22;1-8-9(6-12(20-8)16(28)24(18)19)13(25)7-14(26)15(27)23-17-21-10-4-2-3-5-11(10)22-17/h1-20H,(H,35,41)(H,36,42)(H,37,38)(H,39,40);1-15H,(H,28,30)(H,29,31)(H,32,33);2-5,7,11,17,19-20H,6,8-10,12-13H2,1H3,(H,23,24);2-5H,6-7,18-19H2,1H3,(H2,21,22,23,27). The number of hydrogen-bond acceptors (Lipinski definition) is 16. The maximum atomic E-state index is 13.2. The van der Waals surface area contributed by atoms with Crippen molar-refractivity contribution in [2.45, 2.75) is 58.8 Å². The normalized spacial score (nSPS) is 15.8. The van der Waals surface area contributed by atoms with Gasteiger partial charge in [0.1, 0.15) is 17.4 Å². The monoisotopic (exact) mass is 1680 g/mol. The fourth-order valence-electron chi connectivity index (χ4n) is 17.3. The molecular formula is C100H84N16O11. The zero-order chi connectivity index (χ0) is 88.1. The summed E-state index contributed by atoms with van der Waals surface area (Å²) in [6, 6.07) is 70.4. The lowest BCUT2D eigenvalue weighted by molar-refractivity contribution is -0.136. The van der Waals surface area contributed by atoms with Gasteiger partial charge in [-0.2, -0.15) is 0 Å². The zero-order valence-corrected chi connectivity index (χ0v) is 68.8. The fraction of sp³-hybridized carbons (Fsp3) is 0.140. The Morgan fingerprint density at radius 3 is 1.69 bits per heavy atom. The molecule has 20 rings (SSSR count). The first-order valence-corrected chi connectivity index (χ1v) is 41.3. The summed E-state index contributed by atoms with van der Waals surface area (Å²) in [5, 5.41) is 26.5. The molecule has 5 aliphatic carbocycles. The van der Waals surface area contributed by atoms with Crippen molar-refractivity contribution in [3.05, 3.63) is 339 Å². The molecule has 630 valence electrons. The molecule has 14 N–H and O–H groups in total. The maximum absolute atomic E-state index is 13.2. The topological polar surface area (TPSA) is 421 Å². The van der Waals surface area contributed by atoms with Crippen LogP contribution in [0.25, 0.3) is 88.7 Å². The van der Waals surface area contributed by atoms with Crippen molar-refractivity contribution in [1.29, 1.82) is 0 Å². The van der Waals surface area contributed by atoms with Gasteiger partial charge >= 0.3 is 5.97 Å². The summed E-state index contributed by atoms with van der Waals surface area (Å²) in [5.41, 5.74) is 17.7. The Morgan fingerprint density at radius 1 is 0.528 bits per heavy atom. The minimum atomic E-state index is -1.06. The van der Waals surface area contributed by atoms with Crippen LogP contribution in [-0.2, 0) is 24.0 Å². The molecular weight excluding hydrogens is 1600 g/mol. The number of hydrogen-bond donors (Lipinski definition) is 12. The Morgan fingerprint density at radius 2 is 1.09 bits per heavy atom. The summed E-state index contributed by atoms with van der Waals surface area (Å²) in [5.74, 6) is 8.72. The van der Waals surface area contributed by atoms with E-state index in [-0.39, 0.29) is 64.1 Å². The highest BCUT2D eigenvalue weighted by Crippen LogP contribution is 2.70. The number of hydrazine groups is 2. The highest BCUT2D eigenvalue weighted by atomic mass is 16.4. The SMILES string of the molecule is CC1=C(C(=O)CC(=O)C(=O)Nc2nc3ccccc3[nH]2)CC(C(=O)N(N)N)=N1.CC1=CC=CC2C(CC(=O)NCC3=CC4CCC3C43CC3)=CC=C12.O=C(Nc1cccc(-c2nc3ccccc3[nH]2)c1)c1ccc(C(=O)Nc2cccc(-c3nc4ccccc4[nH]3)c2)cc1.O=C(O)c1ccccc1-c1ccccc1C(=O)Nc1ccc2c(c1)[nH]c(=O)c1ccccc12. The number of benzene rings is 10. The molecule has 6 aliphatic rings. The summed E-state index contributed by atoms with van der Waals surface area (Å²) in [4.78, 5) is 154. The van der Waals surface area contributed by atoms with E-state index < -0.39 is 35.8 Å². The van der Waals surface area contributed by atoms with Crippen LogP contribution < -0.4 is 43.8 Å². The van der Waals surface area contributed by atoms with Gasteiger partial charge in [0.25, 0.3) is 35.1 Å². The molecule has 27 nitrogen and oxygen atoms in total. The van der Waals surface area contributed by atoms with E-state index in [1.54, 1.807) is 109 Å². The highest BCUT2D eigenvalue weighted by Gasteiger charge is 2.61. The molecule has 3 atom stereocenters. The van der Waals surface area contributed by atoms with Gasteiger partial charge in [-0.15, -0.1) is 0 Å². The molecule has 14 aromatic rings. The smallest absolute Gasteiger partial charge is 0.336 e. The Labute approximate surface area is 725 Å². The number of carboxylic acids is 1. The molecule has 1 aliphatic heterocycles. The number of aromatic nitrogens is 7. The zero-order valence-electron chi connectivity index (χ0n) is 68.8. The third-order valence-corrected chi connectivity index (χ3v) is 23.7.